The first-order valence-corrected chi connectivity index (χ1v) is 13.5. The summed E-state index contributed by atoms with van der Waals surface area (Å²) >= 11 is 7.69. The number of piperazine rings is 1. The molecule has 3 heterocycles. The molecule has 0 aliphatic carbocycles. The van der Waals surface area contributed by atoms with Gasteiger partial charge in [-0.3, -0.25) is 4.90 Å². The van der Waals surface area contributed by atoms with Gasteiger partial charge in [0.1, 0.15) is 5.82 Å². The zero-order valence-electron chi connectivity index (χ0n) is 17.9. The molecule has 0 unspecified atom stereocenters. The summed E-state index contributed by atoms with van der Waals surface area (Å²) in [5.74, 6) is 0.760. The van der Waals surface area contributed by atoms with E-state index in [1.54, 1.807) is 22.8 Å². The van der Waals surface area contributed by atoms with E-state index in [0.717, 1.165) is 38.3 Å². The van der Waals surface area contributed by atoms with Crippen LogP contribution in [0.4, 0.5) is 5.82 Å². The number of benzene rings is 2. The van der Waals surface area contributed by atoms with Crippen LogP contribution in [-0.2, 0) is 16.7 Å². The van der Waals surface area contributed by atoms with Gasteiger partial charge in [-0.1, -0.05) is 23.7 Å². The monoisotopic (exact) mass is 506 g/mol. The van der Waals surface area contributed by atoms with Gasteiger partial charge < -0.3 is 18.8 Å². The molecule has 0 radical (unpaired) electrons. The zero-order valence-corrected chi connectivity index (χ0v) is 20.3. The predicted molar refractivity (Wildman–Crippen MR) is 132 cm³/mol. The highest BCUT2D eigenvalue weighted by Gasteiger charge is 2.24. The lowest BCUT2D eigenvalue weighted by molar-refractivity contribution is 0.244. The lowest BCUT2D eigenvalue weighted by Gasteiger charge is -2.35. The van der Waals surface area contributed by atoms with Gasteiger partial charge in [0.15, 0.2) is 0 Å². The Hall–Kier alpha value is -2.53. The van der Waals surface area contributed by atoms with E-state index in [4.69, 9.17) is 15.8 Å². The highest BCUT2D eigenvalue weighted by Crippen LogP contribution is 2.40. The molecule has 33 heavy (non-hydrogen) atoms. The first-order chi connectivity index (χ1) is 15.8. The van der Waals surface area contributed by atoms with Crippen molar-refractivity contribution < 1.29 is 17.7 Å². The Bertz CT molecular complexity index is 1430. The number of hydrogen-bond donors (Lipinski definition) is 1. The largest absolute Gasteiger partial charge is 0.492 e. The van der Waals surface area contributed by atoms with Gasteiger partial charge in [0, 0.05) is 55.1 Å². The Morgan fingerprint density at radius 1 is 1.09 bits per heavy atom. The molecule has 4 aromatic rings. The van der Waals surface area contributed by atoms with Crippen LogP contribution in [0, 0.1) is 0 Å². The van der Waals surface area contributed by atoms with Crippen LogP contribution in [0.15, 0.2) is 42.5 Å². The molecule has 1 saturated heterocycles. The predicted octanol–water partition coefficient (Wildman–Crippen LogP) is 3.77. The third kappa shape index (κ3) is 4.48. The molecule has 0 spiro atoms. The number of nitrogens with zero attached hydrogens (tertiary/aromatic N) is 4. The number of rotatable bonds is 6. The van der Waals surface area contributed by atoms with Gasteiger partial charge in [-0.25, -0.2) is 0 Å². The molecule has 5 rings (SSSR count). The van der Waals surface area contributed by atoms with Gasteiger partial charge in [0.25, 0.3) is 0 Å². The Morgan fingerprint density at radius 2 is 1.85 bits per heavy atom. The summed E-state index contributed by atoms with van der Waals surface area (Å²) in [5, 5.41) is 12.9. The van der Waals surface area contributed by atoms with Crippen LogP contribution in [-0.4, -0.2) is 66.3 Å². The quantitative estimate of drug-likeness (QED) is 0.398. The van der Waals surface area contributed by atoms with Gasteiger partial charge in [-0.2, -0.15) is 12.8 Å². The van der Waals surface area contributed by atoms with Crippen molar-refractivity contribution in [2.75, 3.05) is 43.9 Å². The van der Waals surface area contributed by atoms with Crippen LogP contribution in [0.3, 0.4) is 0 Å². The fourth-order valence-corrected chi connectivity index (χ4v) is 5.69. The molecular weight excluding hydrogens is 484 g/mol. The van der Waals surface area contributed by atoms with Crippen LogP contribution in [0.2, 0.25) is 5.02 Å². The van der Waals surface area contributed by atoms with Crippen LogP contribution < -0.4 is 9.08 Å². The van der Waals surface area contributed by atoms with E-state index in [0.29, 0.717) is 29.0 Å². The summed E-state index contributed by atoms with van der Waals surface area (Å²) in [5.41, 5.74) is 0.631. The molecule has 0 amide bonds. The lowest BCUT2D eigenvalue weighted by atomic mass is 10.2. The smallest absolute Gasteiger partial charge is 0.306 e. The van der Waals surface area contributed by atoms with Gasteiger partial charge in [0.05, 0.1) is 16.5 Å². The standard InChI is InChI=1S/C22H23ClN4O4S2/c1-33(29,30)31-20-16-7-6-15(23)14-18(16)27(22(20)28)13-10-25-8-11-26(12-9-25)21-17-4-2-3-5-19(17)32-24-21/h2-7,14,28H,8-13H2,1H3. The number of aromatic hydroxyl groups is 1. The van der Waals surface area contributed by atoms with Crippen molar-refractivity contribution in [3.05, 3.63) is 47.5 Å². The average Bonchev–Trinajstić information content (AvgIpc) is 3.31. The molecule has 2 aromatic carbocycles. The molecule has 2 aromatic heterocycles. The Balaban J connectivity index is 1.31. The van der Waals surface area contributed by atoms with E-state index in [1.807, 2.05) is 12.1 Å². The Morgan fingerprint density at radius 3 is 2.61 bits per heavy atom. The minimum Gasteiger partial charge on any atom is -0.492 e. The lowest BCUT2D eigenvalue weighted by Crippen LogP contribution is -2.47. The number of anilines is 1. The molecule has 174 valence electrons. The zero-order chi connectivity index (χ0) is 23.2. The topological polar surface area (TPSA) is 87.9 Å². The molecule has 0 saturated carbocycles. The molecule has 8 nitrogen and oxygen atoms in total. The molecule has 1 fully saturated rings. The van der Waals surface area contributed by atoms with Gasteiger partial charge in [-0.15, -0.1) is 0 Å². The fraction of sp³-hybridized carbons (Fsp3) is 0.318. The molecular formula is C22H23ClN4O4S2. The summed E-state index contributed by atoms with van der Waals surface area (Å²) in [6.07, 6.45) is 0.955. The third-order valence-corrected chi connectivity index (χ3v) is 7.38. The fourth-order valence-electron chi connectivity index (χ4n) is 4.26. The average molecular weight is 507 g/mol. The van der Waals surface area contributed by atoms with Gasteiger partial charge in [0.2, 0.25) is 11.6 Å². The minimum absolute atomic E-state index is 0.0654. The summed E-state index contributed by atoms with van der Waals surface area (Å²) in [7, 11) is -3.79. The van der Waals surface area contributed by atoms with Crippen molar-refractivity contribution in [2.45, 2.75) is 6.54 Å². The van der Waals surface area contributed by atoms with Crippen molar-refractivity contribution in [3.8, 4) is 11.6 Å². The molecule has 0 atom stereocenters. The second kappa shape index (κ2) is 8.68. The molecule has 0 bridgehead atoms. The van der Waals surface area contributed by atoms with Crippen molar-refractivity contribution in [3.63, 3.8) is 0 Å². The van der Waals surface area contributed by atoms with E-state index in [-0.39, 0.29) is 11.6 Å². The van der Waals surface area contributed by atoms with Crippen LogP contribution in [0.5, 0.6) is 11.6 Å². The summed E-state index contributed by atoms with van der Waals surface area (Å²) in [6, 6.07) is 13.3. The maximum Gasteiger partial charge on any atom is 0.306 e. The second-order valence-corrected chi connectivity index (χ2v) is 10.9. The van der Waals surface area contributed by atoms with E-state index < -0.39 is 10.1 Å². The second-order valence-electron chi connectivity index (χ2n) is 8.08. The Kier molecular flexibility index (Phi) is 5.86. The van der Waals surface area contributed by atoms with Crippen LogP contribution in [0.1, 0.15) is 0 Å². The first kappa shape index (κ1) is 22.3. The SMILES string of the molecule is CS(=O)(=O)Oc1c(O)n(CCN2CCN(c3nsc4ccccc34)CC2)c2cc(Cl)ccc12. The molecule has 11 heteroatoms. The highest BCUT2D eigenvalue weighted by molar-refractivity contribution is 7.86. The highest BCUT2D eigenvalue weighted by atomic mass is 35.5. The first-order valence-electron chi connectivity index (χ1n) is 10.5. The van der Waals surface area contributed by atoms with Gasteiger partial charge >= 0.3 is 10.1 Å². The van der Waals surface area contributed by atoms with Crippen molar-refractivity contribution >= 4 is 60.1 Å². The Labute approximate surface area is 200 Å². The van der Waals surface area contributed by atoms with E-state index in [2.05, 4.69) is 26.3 Å². The van der Waals surface area contributed by atoms with Crippen LogP contribution >= 0.6 is 23.1 Å². The maximum atomic E-state index is 11.7. The molecule has 1 N–H and O–H groups in total. The van der Waals surface area contributed by atoms with Crippen LogP contribution in [0.25, 0.3) is 21.0 Å². The summed E-state index contributed by atoms with van der Waals surface area (Å²) in [6.45, 7) is 4.60. The minimum atomic E-state index is -3.79. The van der Waals surface area contributed by atoms with Crippen molar-refractivity contribution in [2.24, 2.45) is 0 Å². The van der Waals surface area contributed by atoms with Crippen molar-refractivity contribution in [1.82, 2.24) is 13.8 Å². The van der Waals surface area contributed by atoms with Crippen molar-refractivity contribution in [1.29, 1.82) is 0 Å². The number of halogens is 1. The normalized spacial score (nSPS) is 15.5. The van der Waals surface area contributed by atoms with E-state index in [9.17, 15) is 13.5 Å². The number of fused-ring (bicyclic) bond motifs is 2. The van der Waals surface area contributed by atoms with E-state index >= 15 is 0 Å². The number of aromatic nitrogens is 2. The number of hydrogen-bond acceptors (Lipinski definition) is 8. The molecule has 1 aliphatic rings. The molecule has 1 aliphatic heterocycles. The maximum absolute atomic E-state index is 11.7. The summed E-state index contributed by atoms with van der Waals surface area (Å²) < 4.78 is 36.0. The van der Waals surface area contributed by atoms with Gasteiger partial charge in [-0.05, 0) is 41.9 Å². The third-order valence-electron chi connectivity index (χ3n) is 5.86. The van der Waals surface area contributed by atoms with E-state index in [1.165, 1.54) is 21.6 Å². The summed E-state index contributed by atoms with van der Waals surface area (Å²) in [4.78, 5) is 4.63.